The van der Waals surface area contributed by atoms with Gasteiger partial charge in [0.2, 0.25) is 0 Å². The van der Waals surface area contributed by atoms with Crippen LogP contribution < -0.4 is 0 Å². The quantitative estimate of drug-likeness (QED) is 0.682. The van der Waals surface area contributed by atoms with Crippen LogP contribution in [0.5, 0.6) is 0 Å². The first-order valence-corrected chi connectivity index (χ1v) is 4.31. The van der Waals surface area contributed by atoms with Crippen LogP contribution in [0.15, 0.2) is 35.1 Å². The summed E-state index contributed by atoms with van der Waals surface area (Å²) in [4.78, 5) is 10.4. The standard InChI is InChI=1S/C9H6BrNO/c10-8-4-9-3-7(6-12)1-2-11(9)5-8/h1-6H. The summed E-state index contributed by atoms with van der Waals surface area (Å²) in [6.45, 7) is 0. The Labute approximate surface area is 77.9 Å². The van der Waals surface area contributed by atoms with E-state index >= 15 is 0 Å². The third-order valence-corrected chi connectivity index (χ3v) is 2.16. The van der Waals surface area contributed by atoms with Crippen LogP contribution in [0.4, 0.5) is 0 Å². The number of nitrogens with zero attached hydrogens (tertiary/aromatic N) is 1. The van der Waals surface area contributed by atoms with Gasteiger partial charge in [0.1, 0.15) is 6.29 Å². The molecule has 2 nitrogen and oxygen atoms in total. The second-order valence-electron chi connectivity index (χ2n) is 2.57. The molecule has 0 aliphatic heterocycles. The van der Waals surface area contributed by atoms with E-state index < -0.39 is 0 Å². The molecule has 0 amide bonds. The van der Waals surface area contributed by atoms with Crippen LogP contribution >= 0.6 is 15.9 Å². The molecule has 0 fully saturated rings. The Bertz CT molecular complexity index is 433. The van der Waals surface area contributed by atoms with E-state index in [4.69, 9.17) is 0 Å². The Balaban J connectivity index is 2.74. The zero-order valence-electron chi connectivity index (χ0n) is 6.20. The molecule has 12 heavy (non-hydrogen) atoms. The van der Waals surface area contributed by atoms with E-state index in [0.29, 0.717) is 5.56 Å². The van der Waals surface area contributed by atoms with Crippen LogP contribution in [0.25, 0.3) is 5.52 Å². The molecule has 2 aromatic rings. The molecule has 0 aromatic carbocycles. The van der Waals surface area contributed by atoms with Gasteiger partial charge in [0, 0.05) is 27.9 Å². The number of hydrogen-bond donors (Lipinski definition) is 0. The molecular formula is C9H6BrNO. The lowest BCUT2D eigenvalue weighted by Gasteiger charge is -1.93. The fourth-order valence-electron chi connectivity index (χ4n) is 1.16. The second kappa shape index (κ2) is 2.75. The number of aldehydes is 1. The van der Waals surface area contributed by atoms with Crippen molar-refractivity contribution in [2.45, 2.75) is 0 Å². The Hall–Kier alpha value is -1.09. The second-order valence-corrected chi connectivity index (χ2v) is 3.48. The molecule has 0 radical (unpaired) electrons. The summed E-state index contributed by atoms with van der Waals surface area (Å²) < 4.78 is 2.97. The predicted octanol–water partition coefficient (Wildman–Crippen LogP) is 2.51. The highest BCUT2D eigenvalue weighted by Gasteiger charge is 1.96. The lowest BCUT2D eigenvalue weighted by atomic mass is 10.3. The fourth-order valence-corrected chi connectivity index (χ4v) is 1.62. The zero-order valence-corrected chi connectivity index (χ0v) is 7.78. The van der Waals surface area contributed by atoms with Crippen molar-refractivity contribution >= 4 is 27.7 Å². The highest BCUT2D eigenvalue weighted by Crippen LogP contribution is 2.15. The number of aromatic nitrogens is 1. The van der Waals surface area contributed by atoms with E-state index in [-0.39, 0.29) is 0 Å². The first-order chi connectivity index (χ1) is 5.79. The minimum Gasteiger partial charge on any atom is -0.323 e. The molecule has 2 rings (SSSR count). The first kappa shape index (κ1) is 7.55. The Morgan fingerprint density at radius 1 is 1.42 bits per heavy atom. The van der Waals surface area contributed by atoms with Gasteiger partial charge in [0.05, 0.1) is 0 Å². The van der Waals surface area contributed by atoms with Crippen molar-refractivity contribution in [3.8, 4) is 0 Å². The Kier molecular flexibility index (Phi) is 1.73. The average molecular weight is 224 g/mol. The molecule has 3 heteroatoms. The van der Waals surface area contributed by atoms with Gasteiger partial charge in [-0.1, -0.05) is 0 Å². The summed E-state index contributed by atoms with van der Waals surface area (Å²) >= 11 is 3.36. The summed E-state index contributed by atoms with van der Waals surface area (Å²) in [6, 6.07) is 5.59. The van der Waals surface area contributed by atoms with Crippen molar-refractivity contribution in [2.24, 2.45) is 0 Å². The lowest BCUT2D eigenvalue weighted by Crippen LogP contribution is -1.84. The molecule has 60 valence electrons. The average Bonchev–Trinajstić information content (AvgIpc) is 2.43. The van der Waals surface area contributed by atoms with E-state index in [1.165, 1.54) is 0 Å². The van der Waals surface area contributed by atoms with Gasteiger partial charge in [0.15, 0.2) is 0 Å². The Morgan fingerprint density at radius 3 is 3.00 bits per heavy atom. The van der Waals surface area contributed by atoms with Crippen molar-refractivity contribution < 1.29 is 4.79 Å². The van der Waals surface area contributed by atoms with Crippen LogP contribution in [0, 0.1) is 0 Å². The summed E-state index contributed by atoms with van der Waals surface area (Å²) in [6.07, 6.45) is 4.66. The molecular weight excluding hydrogens is 218 g/mol. The van der Waals surface area contributed by atoms with Gasteiger partial charge < -0.3 is 4.40 Å². The van der Waals surface area contributed by atoms with E-state index in [1.807, 2.05) is 28.9 Å². The van der Waals surface area contributed by atoms with E-state index in [2.05, 4.69) is 15.9 Å². The Morgan fingerprint density at radius 2 is 2.25 bits per heavy atom. The molecule has 0 bridgehead atoms. The molecule has 0 N–H and O–H groups in total. The third kappa shape index (κ3) is 1.16. The van der Waals surface area contributed by atoms with Gasteiger partial charge in [0.25, 0.3) is 0 Å². The van der Waals surface area contributed by atoms with Gasteiger partial charge >= 0.3 is 0 Å². The number of carbonyl (C=O) groups excluding carboxylic acids is 1. The number of halogens is 1. The summed E-state index contributed by atoms with van der Waals surface area (Å²) in [7, 11) is 0. The van der Waals surface area contributed by atoms with Crippen LogP contribution in [0.1, 0.15) is 10.4 Å². The molecule has 0 saturated carbocycles. The van der Waals surface area contributed by atoms with Gasteiger partial charge in [-0.15, -0.1) is 0 Å². The van der Waals surface area contributed by atoms with Crippen LogP contribution in [-0.2, 0) is 0 Å². The number of rotatable bonds is 1. The maximum absolute atomic E-state index is 10.4. The predicted molar refractivity (Wildman–Crippen MR) is 50.5 cm³/mol. The van der Waals surface area contributed by atoms with Crippen LogP contribution in [0.3, 0.4) is 0 Å². The smallest absolute Gasteiger partial charge is 0.150 e. The third-order valence-electron chi connectivity index (χ3n) is 1.72. The van der Waals surface area contributed by atoms with Crippen molar-refractivity contribution in [2.75, 3.05) is 0 Å². The van der Waals surface area contributed by atoms with Gasteiger partial charge in [-0.2, -0.15) is 0 Å². The SMILES string of the molecule is O=Cc1ccn2cc(Br)cc2c1. The van der Waals surface area contributed by atoms with Crippen molar-refractivity contribution in [3.05, 3.63) is 40.6 Å². The van der Waals surface area contributed by atoms with Crippen LogP contribution in [-0.4, -0.2) is 10.7 Å². The molecule has 0 aliphatic rings. The summed E-state index contributed by atoms with van der Waals surface area (Å²) in [5, 5.41) is 0. The molecule has 2 heterocycles. The lowest BCUT2D eigenvalue weighted by molar-refractivity contribution is 0.112. The van der Waals surface area contributed by atoms with Crippen molar-refractivity contribution in [1.82, 2.24) is 4.40 Å². The fraction of sp³-hybridized carbons (Fsp3) is 0. The molecule has 0 unspecified atom stereocenters. The molecule has 0 atom stereocenters. The van der Waals surface area contributed by atoms with Gasteiger partial charge in [-0.05, 0) is 34.1 Å². The molecule has 0 saturated heterocycles. The minimum absolute atomic E-state index is 0.702. The normalized spacial score (nSPS) is 10.4. The minimum atomic E-state index is 0.702. The number of carbonyl (C=O) groups is 1. The number of pyridine rings is 1. The van der Waals surface area contributed by atoms with Crippen molar-refractivity contribution in [3.63, 3.8) is 0 Å². The molecule has 2 aromatic heterocycles. The maximum Gasteiger partial charge on any atom is 0.150 e. The number of hydrogen-bond acceptors (Lipinski definition) is 1. The zero-order chi connectivity index (χ0) is 8.55. The maximum atomic E-state index is 10.4. The van der Waals surface area contributed by atoms with E-state index in [1.54, 1.807) is 6.07 Å². The van der Waals surface area contributed by atoms with E-state index in [0.717, 1.165) is 16.3 Å². The highest BCUT2D eigenvalue weighted by atomic mass is 79.9. The summed E-state index contributed by atoms with van der Waals surface area (Å²) in [5.41, 5.74) is 1.72. The molecule has 0 aliphatic carbocycles. The topological polar surface area (TPSA) is 21.5 Å². The van der Waals surface area contributed by atoms with Gasteiger partial charge in [-0.3, -0.25) is 4.79 Å². The van der Waals surface area contributed by atoms with E-state index in [9.17, 15) is 4.79 Å². The number of fused-ring (bicyclic) bond motifs is 1. The summed E-state index contributed by atoms with van der Waals surface area (Å²) in [5.74, 6) is 0. The monoisotopic (exact) mass is 223 g/mol. The highest BCUT2D eigenvalue weighted by molar-refractivity contribution is 9.10. The molecule has 0 spiro atoms. The van der Waals surface area contributed by atoms with Gasteiger partial charge in [-0.25, -0.2) is 0 Å². The first-order valence-electron chi connectivity index (χ1n) is 3.52. The van der Waals surface area contributed by atoms with Crippen LogP contribution in [0.2, 0.25) is 0 Å². The van der Waals surface area contributed by atoms with Crippen molar-refractivity contribution in [1.29, 1.82) is 0 Å². The largest absolute Gasteiger partial charge is 0.323 e.